The predicted molar refractivity (Wildman–Crippen MR) is 426 cm³/mol. The highest BCUT2D eigenvalue weighted by Gasteiger charge is 2.22. The number of rotatable bonds is 79. The molecule has 0 fully saturated rings. The number of nitrogens with zero attached hydrogens (tertiary/aromatic N) is 1. The van der Waals surface area contributed by atoms with E-state index in [0.29, 0.717) is 23.9 Å². The van der Waals surface area contributed by atoms with E-state index in [1.165, 1.54) is 283 Å². The lowest BCUT2D eigenvalue weighted by Gasteiger charge is -2.26. The van der Waals surface area contributed by atoms with Crippen LogP contribution in [-0.2, 0) is 33.3 Å². The van der Waals surface area contributed by atoms with Crippen molar-refractivity contribution in [1.82, 2.24) is 0 Å². The van der Waals surface area contributed by atoms with Gasteiger partial charge in [0, 0.05) is 12.8 Å². The van der Waals surface area contributed by atoms with Crippen LogP contribution in [0.1, 0.15) is 399 Å². The summed E-state index contributed by atoms with van der Waals surface area (Å²) in [6, 6.07) is 0. The Morgan fingerprint density at radius 1 is 0.303 bits per heavy atom. The van der Waals surface area contributed by atoms with Gasteiger partial charge in [-0.15, -0.1) is 0 Å². The van der Waals surface area contributed by atoms with Gasteiger partial charge >= 0.3 is 11.9 Å². The fourth-order valence-corrected chi connectivity index (χ4v) is 12.5. The lowest BCUT2D eigenvalue weighted by molar-refractivity contribution is -0.870. The molecule has 0 rings (SSSR count). The van der Waals surface area contributed by atoms with Crippen LogP contribution >= 0.6 is 0 Å². The first-order valence-electron chi connectivity index (χ1n) is 42.4. The minimum atomic E-state index is -1.62. The van der Waals surface area contributed by atoms with Crippen LogP contribution in [0.2, 0.25) is 0 Å². The molecule has 9 heteroatoms. The fourth-order valence-electron chi connectivity index (χ4n) is 12.5. The highest BCUT2D eigenvalue weighted by molar-refractivity contribution is 5.70. The molecule has 0 saturated carbocycles. The first-order valence-corrected chi connectivity index (χ1v) is 42.4. The Morgan fingerprint density at radius 3 is 0.808 bits per heavy atom. The third kappa shape index (κ3) is 81.4. The van der Waals surface area contributed by atoms with Gasteiger partial charge in [-0.2, -0.15) is 0 Å². The van der Waals surface area contributed by atoms with Gasteiger partial charge in [0.1, 0.15) is 13.2 Å². The normalized spacial score (nSPS) is 13.1. The van der Waals surface area contributed by atoms with Crippen LogP contribution in [0.15, 0.2) is 97.2 Å². The molecule has 0 N–H and O–H groups in total. The van der Waals surface area contributed by atoms with E-state index in [4.69, 9.17) is 18.9 Å². The molecule has 0 spiro atoms. The minimum Gasteiger partial charge on any atom is -0.545 e. The molecule has 2 unspecified atom stereocenters. The number of carbonyl (C=O) groups excluding carboxylic acids is 3. The molecule has 0 aromatic heterocycles. The molecule has 574 valence electrons. The maximum absolute atomic E-state index is 13.0. The highest BCUT2D eigenvalue weighted by Crippen LogP contribution is 2.20. The van der Waals surface area contributed by atoms with E-state index in [2.05, 4.69) is 111 Å². The van der Waals surface area contributed by atoms with Gasteiger partial charge in [-0.1, -0.05) is 394 Å². The lowest BCUT2D eigenvalue weighted by atomic mass is 10.0. The first-order chi connectivity index (χ1) is 48.6. The summed E-state index contributed by atoms with van der Waals surface area (Å²) in [4.78, 5) is 37.7. The van der Waals surface area contributed by atoms with E-state index in [1.54, 1.807) is 0 Å². The number of ether oxygens (including phenoxy) is 4. The molecule has 9 nitrogen and oxygen atoms in total. The molecule has 2 atom stereocenters. The van der Waals surface area contributed by atoms with Crippen molar-refractivity contribution in [3.05, 3.63) is 97.2 Å². The van der Waals surface area contributed by atoms with Crippen molar-refractivity contribution in [3.8, 4) is 0 Å². The standard InChI is InChI=1S/C90H161NO8/c1-6-8-10-12-14-16-18-20-22-24-26-28-30-32-34-36-38-40-42-44-46-48-50-52-54-56-58-60-62-64-66-68-70-72-74-76-78-80-87(92)97-84-86(85-98-90(89(94)95)96-83-82-91(3,4)5)99-88(93)81-79-77-75-73-71-69-67-65-63-61-59-57-55-53-51-49-47-45-43-41-39-37-35-33-31-29-27-25-23-21-19-17-15-13-11-9-7-2/h8-11,14-17,20-23,26-29,86,90H,6-7,12-13,18-19,24-25,30-85H2,1-5H3/b10-8-,11-9-,16-14-,17-15-,22-20-,23-21-,28-26-,29-27-. The maximum Gasteiger partial charge on any atom is 0.306 e. The largest absolute Gasteiger partial charge is 0.545 e. The molecular formula is C90H161NO8. The predicted octanol–water partition coefficient (Wildman–Crippen LogP) is 26.2. The zero-order chi connectivity index (χ0) is 71.8. The molecule has 0 saturated heterocycles. The van der Waals surface area contributed by atoms with Crippen LogP contribution in [0.4, 0.5) is 0 Å². The first kappa shape index (κ1) is 95.2. The van der Waals surface area contributed by atoms with E-state index >= 15 is 0 Å². The Kier molecular flexibility index (Phi) is 76.8. The smallest absolute Gasteiger partial charge is 0.306 e. The average molecular weight is 1390 g/mol. The van der Waals surface area contributed by atoms with Gasteiger partial charge in [-0.3, -0.25) is 9.59 Å². The molecule has 0 aliphatic heterocycles. The Bertz CT molecular complexity index is 1960. The average Bonchev–Trinajstić information content (AvgIpc) is 1.41. The van der Waals surface area contributed by atoms with Crippen LogP contribution in [0.3, 0.4) is 0 Å². The number of hydrogen-bond donors (Lipinski definition) is 0. The van der Waals surface area contributed by atoms with Crippen LogP contribution in [0.25, 0.3) is 0 Å². The zero-order valence-corrected chi connectivity index (χ0v) is 65.9. The summed E-state index contributed by atoms with van der Waals surface area (Å²) in [5.41, 5.74) is 0. The van der Waals surface area contributed by atoms with Crippen LogP contribution in [0, 0.1) is 0 Å². The second-order valence-corrected chi connectivity index (χ2v) is 29.7. The number of carboxylic acid groups (broad SMARTS) is 1. The number of unbranched alkanes of at least 4 members (excludes halogenated alkanes) is 48. The van der Waals surface area contributed by atoms with Crippen LogP contribution in [-0.4, -0.2) is 82.3 Å². The van der Waals surface area contributed by atoms with Crippen molar-refractivity contribution in [2.45, 2.75) is 411 Å². The quantitative estimate of drug-likeness (QED) is 0.0195. The summed E-state index contributed by atoms with van der Waals surface area (Å²) in [6.45, 7) is 4.59. The van der Waals surface area contributed by atoms with E-state index in [0.717, 1.165) is 83.5 Å². The van der Waals surface area contributed by atoms with Gasteiger partial charge in [0.05, 0.1) is 40.3 Å². The number of quaternary nitrogens is 1. The summed E-state index contributed by atoms with van der Waals surface area (Å²) >= 11 is 0. The minimum absolute atomic E-state index is 0.149. The molecule has 0 radical (unpaired) electrons. The molecule has 99 heavy (non-hydrogen) atoms. The van der Waals surface area contributed by atoms with E-state index in [1.807, 2.05) is 21.1 Å². The maximum atomic E-state index is 13.0. The van der Waals surface area contributed by atoms with Gasteiger partial charge in [0.15, 0.2) is 12.4 Å². The number of carboxylic acids is 1. The van der Waals surface area contributed by atoms with Crippen molar-refractivity contribution in [3.63, 3.8) is 0 Å². The fraction of sp³-hybridized carbons (Fsp3) is 0.789. The topological polar surface area (TPSA) is 111 Å². The number of hydrogen-bond acceptors (Lipinski definition) is 8. The van der Waals surface area contributed by atoms with Crippen molar-refractivity contribution >= 4 is 17.9 Å². The Balaban J connectivity index is 3.94. The number of carbonyl (C=O) groups is 3. The van der Waals surface area contributed by atoms with Crippen molar-refractivity contribution in [2.24, 2.45) is 0 Å². The number of allylic oxidation sites excluding steroid dienone is 16. The molecule has 0 amide bonds. The Morgan fingerprint density at radius 2 is 0.545 bits per heavy atom. The van der Waals surface area contributed by atoms with Crippen molar-refractivity contribution in [1.29, 1.82) is 0 Å². The van der Waals surface area contributed by atoms with Crippen LogP contribution < -0.4 is 5.11 Å². The third-order valence-corrected chi connectivity index (χ3v) is 18.8. The zero-order valence-electron chi connectivity index (χ0n) is 65.9. The van der Waals surface area contributed by atoms with Gasteiger partial charge < -0.3 is 33.3 Å². The summed E-state index contributed by atoms with van der Waals surface area (Å²) in [5.74, 6) is -2.25. The number of esters is 2. The van der Waals surface area contributed by atoms with Gasteiger partial charge in [-0.05, 0) is 89.9 Å². The molecule has 0 bridgehead atoms. The second-order valence-electron chi connectivity index (χ2n) is 29.7. The molecular weight excluding hydrogens is 1220 g/mol. The van der Waals surface area contributed by atoms with Gasteiger partial charge in [0.2, 0.25) is 0 Å². The molecule has 0 aromatic carbocycles. The number of likely N-dealkylation sites (N-methyl/N-ethyl adjacent to an activating group) is 1. The van der Waals surface area contributed by atoms with Crippen LogP contribution in [0.5, 0.6) is 0 Å². The molecule has 0 aliphatic rings. The van der Waals surface area contributed by atoms with E-state index in [9.17, 15) is 19.5 Å². The second kappa shape index (κ2) is 79.9. The monoisotopic (exact) mass is 1380 g/mol. The van der Waals surface area contributed by atoms with E-state index < -0.39 is 24.3 Å². The molecule has 0 aliphatic carbocycles. The van der Waals surface area contributed by atoms with E-state index in [-0.39, 0.29) is 32.2 Å². The summed E-state index contributed by atoms with van der Waals surface area (Å²) in [6.07, 6.45) is 108. The highest BCUT2D eigenvalue weighted by atomic mass is 16.7. The summed E-state index contributed by atoms with van der Waals surface area (Å²) in [7, 11) is 5.95. The lowest BCUT2D eigenvalue weighted by Crippen LogP contribution is -2.44. The van der Waals surface area contributed by atoms with Gasteiger partial charge in [0.25, 0.3) is 0 Å². The number of aliphatic carboxylic acids is 1. The Hall–Kier alpha value is -3.79. The third-order valence-electron chi connectivity index (χ3n) is 18.8. The van der Waals surface area contributed by atoms with Gasteiger partial charge in [-0.25, -0.2) is 0 Å². The molecule has 0 heterocycles. The van der Waals surface area contributed by atoms with Crippen molar-refractivity contribution in [2.75, 3.05) is 47.5 Å². The SMILES string of the molecule is CC/C=C\C/C=C\C/C=C\C/C=C\CCCCCCCCCCCCCCCCCCCCCCCCCCC(=O)OCC(COC(OCC[N+](C)(C)C)C(=O)[O-])OC(=O)CCCCCCCCCCCCCCCCCCCCCCCCCC/C=C\C/C=C\C/C=C\C/C=C\CC. The summed E-state index contributed by atoms with van der Waals surface area (Å²) < 4.78 is 22.9. The Labute approximate surface area is 613 Å². The van der Waals surface area contributed by atoms with Crippen molar-refractivity contribution < 1.29 is 42.9 Å². The summed E-state index contributed by atoms with van der Waals surface area (Å²) in [5, 5.41) is 11.9. The molecule has 0 aromatic rings.